The Labute approximate surface area is 230 Å². The van der Waals surface area contributed by atoms with Crippen molar-refractivity contribution >= 4 is 46.6 Å². The van der Waals surface area contributed by atoms with E-state index in [4.69, 9.17) is 16.0 Å². The summed E-state index contributed by atoms with van der Waals surface area (Å²) >= 11 is 7.35. The molecule has 0 bridgehead atoms. The summed E-state index contributed by atoms with van der Waals surface area (Å²) in [6, 6.07) is 18.6. The molecule has 0 saturated carbocycles. The molecule has 2 aromatic carbocycles. The normalized spacial score (nSPS) is 15.1. The highest BCUT2D eigenvalue weighted by Gasteiger charge is 2.36. The van der Waals surface area contributed by atoms with E-state index in [1.54, 1.807) is 31.2 Å². The summed E-state index contributed by atoms with van der Waals surface area (Å²) in [5.74, 6) is -0.816. The van der Waals surface area contributed by atoms with Gasteiger partial charge in [-0.2, -0.15) is 5.26 Å². The third-order valence-electron chi connectivity index (χ3n) is 6.14. The molecule has 9 heteroatoms. The van der Waals surface area contributed by atoms with Gasteiger partial charge >= 0.3 is 0 Å². The number of dihydropyridines is 1. The predicted molar refractivity (Wildman–Crippen MR) is 152 cm³/mol. The van der Waals surface area contributed by atoms with Crippen LogP contribution in [0, 0.1) is 18.3 Å². The zero-order chi connectivity index (χ0) is 27.2. The van der Waals surface area contributed by atoms with Gasteiger partial charge in [-0.1, -0.05) is 48.5 Å². The number of carbonyl (C=O) groups is 2. The third kappa shape index (κ3) is 6.13. The third-order valence-corrected chi connectivity index (χ3v) is 7.57. The van der Waals surface area contributed by atoms with E-state index in [9.17, 15) is 14.9 Å². The first-order chi connectivity index (χ1) is 18.3. The highest BCUT2D eigenvalue weighted by Crippen LogP contribution is 2.41. The van der Waals surface area contributed by atoms with Gasteiger partial charge in [-0.05, 0) is 67.8 Å². The number of nitrogens with one attached hydrogen (secondary N) is 3. The molecule has 0 unspecified atom stereocenters. The van der Waals surface area contributed by atoms with E-state index in [-0.39, 0.29) is 17.6 Å². The number of carbonyl (C=O) groups excluding carboxylic acids is 2. The SMILES string of the molecule is CCc1ccc(NC(=O)C2=C(C)NC(SCC(=O)Nc3ccc(C)c(Cl)c3)=C(C#N)[C@@H]2c2ccco2)cc1. The minimum atomic E-state index is -0.729. The molecule has 0 aliphatic carbocycles. The maximum atomic E-state index is 13.5. The van der Waals surface area contributed by atoms with Crippen molar-refractivity contribution in [3.05, 3.63) is 105 Å². The Morgan fingerprint density at radius 3 is 2.47 bits per heavy atom. The molecule has 1 aliphatic heterocycles. The molecule has 1 aromatic heterocycles. The highest BCUT2D eigenvalue weighted by molar-refractivity contribution is 8.03. The molecule has 38 heavy (non-hydrogen) atoms. The topological polar surface area (TPSA) is 107 Å². The molecule has 7 nitrogen and oxygen atoms in total. The number of nitriles is 1. The van der Waals surface area contributed by atoms with Gasteiger partial charge in [-0.15, -0.1) is 0 Å². The number of halogens is 1. The maximum Gasteiger partial charge on any atom is 0.254 e. The Kier molecular flexibility index (Phi) is 8.62. The van der Waals surface area contributed by atoms with Crippen LogP contribution in [0.4, 0.5) is 11.4 Å². The van der Waals surface area contributed by atoms with Gasteiger partial charge in [0.2, 0.25) is 5.91 Å². The molecule has 3 aromatic rings. The second-order valence-electron chi connectivity index (χ2n) is 8.77. The number of hydrogen-bond donors (Lipinski definition) is 3. The van der Waals surface area contributed by atoms with Crippen molar-refractivity contribution in [2.24, 2.45) is 0 Å². The van der Waals surface area contributed by atoms with E-state index >= 15 is 0 Å². The summed E-state index contributed by atoms with van der Waals surface area (Å²) in [6.45, 7) is 5.72. The first-order valence-electron chi connectivity index (χ1n) is 12.0. The van der Waals surface area contributed by atoms with E-state index < -0.39 is 5.92 Å². The van der Waals surface area contributed by atoms with Crippen LogP contribution in [0.15, 0.2) is 87.1 Å². The van der Waals surface area contributed by atoms with E-state index in [0.717, 1.165) is 17.5 Å². The number of aryl methyl sites for hydroxylation is 2. The summed E-state index contributed by atoms with van der Waals surface area (Å²) in [7, 11) is 0. The van der Waals surface area contributed by atoms with Gasteiger partial charge in [0.25, 0.3) is 5.91 Å². The Hall–Kier alpha value is -3.93. The molecule has 0 spiro atoms. The molecule has 1 aliphatic rings. The lowest BCUT2D eigenvalue weighted by atomic mass is 9.85. The van der Waals surface area contributed by atoms with E-state index in [1.165, 1.54) is 18.0 Å². The number of nitrogens with zero attached hydrogens (tertiary/aromatic N) is 1. The van der Waals surface area contributed by atoms with Crippen LogP contribution in [0.3, 0.4) is 0 Å². The Morgan fingerprint density at radius 1 is 1.11 bits per heavy atom. The molecule has 0 fully saturated rings. The molecule has 2 amide bonds. The largest absolute Gasteiger partial charge is 0.468 e. The molecule has 0 radical (unpaired) electrons. The van der Waals surface area contributed by atoms with Crippen LogP contribution >= 0.6 is 23.4 Å². The monoisotopic (exact) mass is 546 g/mol. The number of allylic oxidation sites excluding steroid dienone is 2. The molecule has 2 heterocycles. The van der Waals surface area contributed by atoms with Gasteiger partial charge in [0, 0.05) is 22.1 Å². The van der Waals surface area contributed by atoms with Crippen LogP contribution in [-0.4, -0.2) is 17.6 Å². The van der Waals surface area contributed by atoms with Gasteiger partial charge in [-0.25, -0.2) is 0 Å². The van der Waals surface area contributed by atoms with E-state index in [1.807, 2.05) is 37.3 Å². The van der Waals surface area contributed by atoms with Gasteiger partial charge in [0.15, 0.2) is 0 Å². The molecule has 4 rings (SSSR count). The summed E-state index contributed by atoms with van der Waals surface area (Å²) < 4.78 is 5.66. The fraction of sp³-hybridized carbons (Fsp3) is 0.207. The van der Waals surface area contributed by atoms with Crippen LogP contribution in [0.1, 0.15) is 36.7 Å². The summed E-state index contributed by atoms with van der Waals surface area (Å²) in [6.07, 6.45) is 2.41. The zero-order valence-electron chi connectivity index (χ0n) is 21.2. The maximum absolute atomic E-state index is 13.5. The average Bonchev–Trinajstić information content (AvgIpc) is 3.44. The van der Waals surface area contributed by atoms with Crippen molar-refractivity contribution in [2.45, 2.75) is 33.1 Å². The van der Waals surface area contributed by atoms with Crippen molar-refractivity contribution in [2.75, 3.05) is 16.4 Å². The van der Waals surface area contributed by atoms with E-state index in [0.29, 0.717) is 44.0 Å². The van der Waals surface area contributed by atoms with Gasteiger partial charge < -0.3 is 20.4 Å². The minimum Gasteiger partial charge on any atom is -0.468 e. The van der Waals surface area contributed by atoms with Crippen molar-refractivity contribution in [1.29, 1.82) is 5.26 Å². The summed E-state index contributed by atoms with van der Waals surface area (Å²) in [4.78, 5) is 26.1. The fourth-order valence-electron chi connectivity index (χ4n) is 4.10. The first-order valence-corrected chi connectivity index (χ1v) is 13.4. The van der Waals surface area contributed by atoms with Gasteiger partial charge in [0.1, 0.15) is 5.76 Å². The Bertz CT molecular complexity index is 1450. The number of amides is 2. The molecule has 3 N–H and O–H groups in total. The summed E-state index contributed by atoms with van der Waals surface area (Å²) in [5.41, 5.74) is 4.57. The minimum absolute atomic E-state index is 0.0441. The second kappa shape index (κ2) is 12.1. The smallest absolute Gasteiger partial charge is 0.254 e. The lowest BCUT2D eigenvalue weighted by molar-refractivity contribution is -0.114. The number of benzene rings is 2. The summed E-state index contributed by atoms with van der Waals surface area (Å²) in [5, 5.41) is 20.1. The van der Waals surface area contributed by atoms with Crippen LogP contribution in [0.25, 0.3) is 0 Å². The number of anilines is 2. The standard InChI is InChI=1S/C29H27ClN4O3S/c1-4-19-8-11-20(12-9-19)34-28(36)26-18(3)32-29(22(15-31)27(26)24-6-5-13-37-24)38-16-25(35)33-21-10-7-17(2)23(30)14-21/h5-14,27,32H,4,16H2,1-3H3,(H,33,35)(H,34,36)/t27-/m1/s1. The van der Waals surface area contributed by atoms with Crippen molar-refractivity contribution in [3.63, 3.8) is 0 Å². The van der Waals surface area contributed by atoms with Crippen molar-refractivity contribution < 1.29 is 14.0 Å². The average molecular weight is 547 g/mol. The molecule has 194 valence electrons. The predicted octanol–water partition coefficient (Wildman–Crippen LogP) is 6.51. The fourth-order valence-corrected chi connectivity index (χ4v) is 5.17. The number of thioether (sulfide) groups is 1. The number of hydrogen-bond acceptors (Lipinski definition) is 6. The van der Waals surface area contributed by atoms with Crippen molar-refractivity contribution in [3.8, 4) is 6.07 Å². The van der Waals surface area contributed by atoms with Crippen LogP contribution < -0.4 is 16.0 Å². The molecular weight excluding hydrogens is 520 g/mol. The highest BCUT2D eigenvalue weighted by atomic mass is 35.5. The zero-order valence-corrected chi connectivity index (χ0v) is 22.8. The van der Waals surface area contributed by atoms with Crippen LogP contribution in [0.2, 0.25) is 5.02 Å². The quantitative estimate of drug-likeness (QED) is 0.297. The second-order valence-corrected chi connectivity index (χ2v) is 10.2. The van der Waals surface area contributed by atoms with Gasteiger partial charge in [-0.3, -0.25) is 9.59 Å². The van der Waals surface area contributed by atoms with Crippen LogP contribution in [0.5, 0.6) is 0 Å². The number of rotatable bonds is 8. The van der Waals surface area contributed by atoms with Crippen LogP contribution in [-0.2, 0) is 16.0 Å². The molecule has 0 saturated heterocycles. The number of furan rings is 1. The molecule has 1 atom stereocenters. The lowest BCUT2D eigenvalue weighted by Crippen LogP contribution is -2.31. The van der Waals surface area contributed by atoms with Gasteiger partial charge in [0.05, 0.1) is 40.2 Å². The lowest BCUT2D eigenvalue weighted by Gasteiger charge is -2.28. The first kappa shape index (κ1) is 27.1. The Morgan fingerprint density at radius 2 is 1.84 bits per heavy atom. The molecular formula is C29H27ClN4O3S. The van der Waals surface area contributed by atoms with E-state index in [2.05, 4.69) is 28.9 Å². The Balaban J connectivity index is 1.56. The van der Waals surface area contributed by atoms with Crippen molar-refractivity contribution in [1.82, 2.24) is 5.32 Å².